The molecule has 4 nitrogen and oxygen atoms in total. The zero-order valence-corrected chi connectivity index (χ0v) is 13.6. The molecule has 0 N–H and O–H groups in total. The summed E-state index contributed by atoms with van der Waals surface area (Å²) in [5.41, 5.74) is 0.177. The largest absolute Gasteiger partial charge is 0.386 e. The van der Waals surface area contributed by atoms with Crippen LogP contribution in [0.4, 0.5) is 0 Å². The van der Waals surface area contributed by atoms with Gasteiger partial charge in [-0.2, -0.15) is 0 Å². The lowest BCUT2D eigenvalue weighted by Crippen LogP contribution is -2.74. The lowest BCUT2D eigenvalue weighted by molar-refractivity contribution is -0.432. The molecule has 106 valence electrons. The van der Waals surface area contributed by atoms with Crippen LogP contribution in [0, 0.1) is 0 Å². The van der Waals surface area contributed by atoms with Crippen molar-refractivity contribution in [3.63, 3.8) is 0 Å². The van der Waals surface area contributed by atoms with Gasteiger partial charge in [-0.1, -0.05) is 6.07 Å². The minimum absolute atomic E-state index is 0.115. The van der Waals surface area contributed by atoms with Crippen LogP contribution in [0.1, 0.15) is 19.5 Å². The molecule has 3 atom stereocenters. The molecule has 5 heteroatoms. The number of aromatic nitrogens is 1. The van der Waals surface area contributed by atoms with Crippen molar-refractivity contribution in [2.75, 3.05) is 7.11 Å². The third-order valence-electron chi connectivity index (χ3n) is 3.53. The number of nitrogens with zero attached hydrogens (tertiary/aromatic N) is 1. The minimum Gasteiger partial charge on any atom is -0.386 e. The maximum Gasteiger partial charge on any atom is 0.220 e. The van der Waals surface area contributed by atoms with E-state index in [0.29, 0.717) is 0 Å². The van der Waals surface area contributed by atoms with Crippen molar-refractivity contribution in [1.82, 2.24) is 4.98 Å². The van der Waals surface area contributed by atoms with Crippen LogP contribution in [0.2, 0.25) is 19.6 Å². The first kappa shape index (κ1) is 14.7. The van der Waals surface area contributed by atoms with E-state index < -0.39 is 19.7 Å². The van der Waals surface area contributed by atoms with E-state index in [1.54, 1.807) is 13.3 Å². The highest BCUT2D eigenvalue weighted by molar-refractivity contribution is 6.69. The molecule has 0 amide bonds. The summed E-state index contributed by atoms with van der Waals surface area (Å²) in [6.45, 7) is 10.4. The third-order valence-corrected chi connectivity index (χ3v) is 4.44. The Morgan fingerprint density at radius 2 is 2.00 bits per heavy atom. The van der Waals surface area contributed by atoms with Gasteiger partial charge in [0.2, 0.25) is 5.79 Å². The smallest absolute Gasteiger partial charge is 0.220 e. The second kappa shape index (κ2) is 4.66. The molecule has 2 heterocycles. The summed E-state index contributed by atoms with van der Waals surface area (Å²) in [7, 11) is -0.0987. The predicted molar refractivity (Wildman–Crippen MR) is 76.3 cm³/mol. The zero-order chi connectivity index (χ0) is 14.3. The van der Waals surface area contributed by atoms with E-state index >= 15 is 0 Å². The Kier molecular flexibility index (Phi) is 3.60. The first-order chi connectivity index (χ1) is 8.75. The van der Waals surface area contributed by atoms with Crippen molar-refractivity contribution in [2.24, 2.45) is 0 Å². The second-order valence-corrected chi connectivity index (χ2v) is 10.5. The molecule has 0 bridgehead atoms. The van der Waals surface area contributed by atoms with E-state index in [-0.39, 0.29) is 6.10 Å². The van der Waals surface area contributed by atoms with Crippen molar-refractivity contribution in [1.29, 1.82) is 0 Å². The van der Waals surface area contributed by atoms with Crippen LogP contribution >= 0.6 is 0 Å². The number of rotatable bonds is 4. The Morgan fingerprint density at radius 1 is 1.32 bits per heavy atom. The molecule has 1 aromatic heterocycles. The summed E-state index contributed by atoms with van der Waals surface area (Å²) in [6.07, 6.45) is 1.65. The molecular weight excluding hydrogens is 258 g/mol. The molecule has 1 saturated heterocycles. The lowest BCUT2D eigenvalue weighted by atomic mass is 9.80. The van der Waals surface area contributed by atoms with Crippen molar-refractivity contribution < 1.29 is 13.9 Å². The van der Waals surface area contributed by atoms with Crippen molar-refractivity contribution >= 4 is 8.32 Å². The summed E-state index contributed by atoms with van der Waals surface area (Å²) >= 11 is 0. The van der Waals surface area contributed by atoms with E-state index in [1.807, 2.05) is 32.0 Å². The quantitative estimate of drug-likeness (QED) is 0.628. The maximum atomic E-state index is 6.34. The molecule has 0 radical (unpaired) electrons. The van der Waals surface area contributed by atoms with Crippen molar-refractivity contribution in [3.05, 3.63) is 30.1 Å². The number of hydrogen-bond donors (Lipinski definition) is 0. The first-order valence-corrected chi connectivity index (χ1v) is 10.0. The van der Waals surface area contributed by atoms with Gasteiger partial charge in [-0.15, -0.1) is 0 Å². The number of pyridine rings is 1. The van der Waals surface area contributed by atoms with Crippen LogP contribution in [0.3, 0.4) is 0 Å². The zero-order valence-electron chi connectivity index (χ0n) is 12.6. The van der Waals surface area contributed by atoms with Crippen LogP contribution < -0.4 is 0 Å². The van der Waals surface area contributed by atoms with Gasteiger partial charge < -0.3 is 13.9 Å². The highest BCUT2D eigenvalue weighted by atomic mass is 28.4. The Hall–Kier alpha value is -0.753. The van der Waals surface area contributed by atoms with Gasteiger partial charge in [0.05, 0.1) is 5.69 Å². The average molecular weight is 281 g/mol. The molecular formula is C14H23NO3Si. The Morgan fingerprint density at radius 3 is 2.42 bits per heavy atom. The predicted octanol–water partition coefficient (Wildman–Crippen LogP) is 2.91. The van der Waals surface area contributed by atoms with E-state index in [2.05, 4.69) is 24.6 Å². The molecule has 2 rings (SSSR count). The Bertz CT molecular complexity index is 448. The van der Waals surface area contributed by atoms with Crippen LogP contribution in [0.25, 0.3) is 0 Å². The Labute approximate surface area is 116 Å². The highest BCUT2D eigenvalue weighted by Crippen LogP contribution is 2.53. The number of hydrogen-bond acceptors (Lipinski definition) is 4. The van der Waals surface area contributed by atoms with E-state index in [9.17, 15) is 0 Å². The van der Waals surface area contributed by atoms with Crippen LogP contribution in [-0.2, 0) is 19.5 Å². The lowest BCUT2D eigenvalue weighted by Gasteiger charge is -2.60. The van der Waals surface area contributed by atoms with E-state index in [1.165, 1.54) is 0 Å². The fourth-order valence-electron chi connectivity index (χ4n) is 2.76. The molecule has 0 aromatic carbocycles. The van der Waals surface area contributed by atoms with Gasteiger partial charge in [-0.25, -0.2) is 0 Å². The molecule has 1 aliphatic heterocycles. The monoisotopic (exact) mass is 281 g/mol. The summed E-state index contributed by atoms with van der Waals surface area (Å²) in [6, 6.07) is 5.80. The van der Waals surface area contributed by atoms with Crippen LogP contribution in [-0.4, -0.2) is 32.3 Å². The number of methoxy groups -OCH3 is 1. The summed E-state index contributed by atoms with van der Waals surface area (Å²) in [4.78, 5) is 4.41. The minimum atomic E-state index is -1.78. The first-order valence-electron chi connectivity index (χ1n) is 6.60. The molecule has 0 aliphatic carbocycles. The average Bonchev–Trinajstić information content (AvgIpc) is 2.35. The number of ether oxygens (including phenoxy) is 2. The second-order valence-electron chi connectivity index (χ2n) is 6.09. The third kappa shape index (κ3) is 2.25. The topological polar surface area (TPSA) is 40.6 Å². The van der Waals surface area contributed by atoms with Crippen LogP contribution in [0.5, 0.6) is 0 Å². The molecule has 1 fully saturated rings. The molecule has 3 unspecified atom stereocenters. The molecule has 1 aromatic rings. The molecule has 1 aliphatic rings. The van der Waals surface area contributed by atoms with Gasteiger partial charge in [-0.05, 0) is 45.6 Å². The van der Waals surface area contributed by atoms with Gasteiger partial charge in [0.1, 0.15) is 6.10 Å². The van der Waals surface area contributed by atoms with E-state index in [4.69, 9.17) is 13.9 Å². The van der Waals surface area contributed by atoms with Crippen molar-refractivity contribution in [2.45, 2.75) is 51.0 Å². The summed E-state index contributed by atoms with van der Waals surface area (Å²) in [5, 5.41) is 0. The highest BCUT2D eigenvalue weighted by Gasteiger charge is 2.68. The Balaban J connectivity index is 2.41. The summed E-state index contributed by atoms with van der Waals surface area (Å²) < 4.78 is 18.1. The molecule has 0 spiro atoms. The van der Waals surface area contributed by atoms with Gasteiger partial charge in [0, 0.05) is 13.3 Å². The molecule has 0 saturated carbocycles. The van der Waals surface area contributed by atoms with Gasteiger partial charge >= 0.3 is 0 Å². The standard InChI is InChI=1S/C14H23NO3Si/c1-11-14(16-3,18-19(4,5)6)13(2,17-11)12-9-7-8-10-15-12/h7-11H,1-6H3. The summed E-state index contributed by atoms with van der Waals surface area (Å²) in [5.74, 6) is -0.758. The van der Waals surface area contributed by atoms with Gasteiger partial charge in [0.25, 0.3) is 0 Å². The molecule has 19 heavy (non-hydrogen) atoms. The van der Waals surface area contributed by atoms with Gasteiger partial charge in [-0.3, -0.25) is 4.98 Å². The fourth-order valence-corrected chi connectivity index (χ4v) is 4.12. The van der Waals surface area contributed by atoms with Crippen LogP contribution in [0.15, 0.2) is 24.4 Å². The van der Waals surface area contributed by atoms with Gasteiger partial charge in [0.15, 0.2) is 13.9 Å². The van der Waals surface area contributed by atoms with E-state index in [0.717, 1.165) is 5.69 Å². The van der Waals surface area contributed by atoms with Crippen molar-refractivity contribution in [3.8, 4) is 0 Å². The normalized spacial score (nSPS) is 34.9. The SMILES string of the molecule is COC1(O[Si](C)(C)C)C(C)OC1(C)c1ccccn1. The maximum absolute atomic E-state index is 6.34. The fraction of sp³-hybridized carbons (Fsp3) is 0.643.